The van der Waals surface area contributed by atoms with Gasteiger partial charge in [0.2, 0.25) is 11.8 Å². The molecule has 1 aliphatic heterocycles. The maximum Gasteiger partial charge on any atom is 0.412 e. The van der Waals surface area contributed by atoms with E-state index in [1.165, 1.54) is 26.2 Å². The van der Waals surface area contributed by atoms with Crippen LogP contribution in [0.1, 0.15) is 65.9 Å². The van der Waals surface area contributed by atoms with Crippen molar-refractivity contribution in [3.05, 3.63) is 23.8 Å². The van der Waals surface area contributed by atoms with E-state index in [1.807, 2.05) is 13.8 Å². The number of hydrogen-bond donors (Lipinski definition) is 2. The number of benzene rings is 1. The lowest BCUT2D eigenvalue weighted by molar-refractivity contribution is -0.147. The number of esters is 1. The normalized spacial score (nSPS) is 17.3. The number of carbonyl (C=O) groups excluding carboxylic acids is 4. The molecule has 12 heteroatoms. The number of nitrogens with one attached hydrogen (secondary N) is 2. The van der Waals surface area contributed by atoms with Crippen LogP contribution in [0.2, 0.25) is 0 Å². The van der Waals surface area contributed by atoms with E-state index in [4.69, 9.17) is 23.7 Å². The fourth-order valence-corrected chi connectivity index (χ4v) is 4.48. The minimum atomic E-state index is -1.01. The van der Waals surface area contributed by atoms with Crippen molar-refractivity contribution in [2.75, 3.05) is 34.5 Å². The first kappa shape index (κ1) is 34.7. The molecule has 1 aromatic rings. The van der Waals surface area contributed by atoms with Crippen LogP contribution in [-0.2, 0) is 35.0 Å². The SMILES string of the molecule is CC[C@H](C)[C@H](NC(=O)[C@H](Cc1ccc(OC)c(OC)c1)NC(=O)CCC1OCCCN1C(=O)OC(C)(C)C)C(=O)OC. The quantitative estimate of drug-likeness (QED) is 0.330. The summed E-state index contributed by atoms with van der Waals surface area (Å²) in [6.45, 7) is 10.0. The summed E-state index contributed by atoms with van der Waals surface area (Å²) in [6.07, 6.45) is 0.480. The highest BCUT2D eigenvalue weighted by Gasteiger charge is 2.33. The Morgan fingerprint density at radius 1 is 1.07 bits per heavy atom. The molecule has 2 rings (SSSR count). The van der Waals surface area contributed by atoms with Crippen molar-refractivity contribution in [1.29, 1.82) is 0 Å². The van der Waals surface area contributed by atoms with Gasteiger partial charge in [-0.3, -0.25) is 14.5 Å². The molecular formula is C30H47N3O9. The van der Waals surface area contributed by atoms with Crippen LogP contribution >= 0.6 is 0 Å². The topological polar surface area (TPSA) is 142 Å². The van der Waals surface area contributed by atoms with E-state index >= 15 is 0 Å². The molecule has 0 bridgehead atoms. The van der Waals surface area contributed by atoms with Crippen LogP contribution < -0.4 is 20.1 Å². The number of carbonyl (C=O) groups is 4. The first-order valence-electron chi connectivity index (χ1n) is 14.3. The number of methoxy groups -OCH3 is 3. The predicted octanol–water partition coefficient (Wildman–Crippen LogP) is 3.20. The average Bonchev–Trinajstić information content (AvgIpc) is 2.96. The highest BCUT2D eigenvalue weighted by Crippen LogP contribution is 2.28. The Labute approximate surface area is 248 Å². The van der Waals surface area contributed by atoms with E-state index in [-0.39, 0.29) is 25.2 Å². The third kappa shape index (κ3) is 10.4. The van der Waals surface area contributed by atoms with Gasteiger partial charge in [-0.1, -0.05) is 26.3 Å². The molecule has 1 fully saturated rings. The van der Waals surface area contributed by atoms with Gasteiger partial charge in [0.25, 0.3) is 0 Å². The molecule has 0 aromatic heterocycles. The van der Waals surface area contributed by atoms with Gasteiger partial charge in [-0.25, -0.2) is 9.59 Å². The van der Waals surface area contributed by atoms with E-state index in [2.05, 4.69) is 10.6 Å². The van der Waals surface area contributed by atoms with E-state index in [9.17, 15) is 19.2 Å². The van der Waals surface area contributed by atoms with Gasteiger partial charge < -0.3 is 34.3 Å². The van der Waals surface area contributed by atoms with Crippen LogP contribution in [0.3, 0.4) is 0 Å². The summed E-state index contributed by atoms with van der Waals surface area (Å²) in [6, 6.07) is 3.32. The zero-order chi connectivity index (χ0) is 31.4. The van der Waals surface area contributed by atoms with Crippen LogP contribution in [0.4, 0.5) is 4.79 Å². The Bertz CT molecular complexity index is 1070. The summed E-state index contributed by atoms with van der Waals surface area (Å²) < 4.78 is 26.9. The number of hydrogen-bond acceptors (Lipinski definition) is 9. The molecule has 236 valence electrons. The van der Waals surface area contributed by atoms with Crippen molar-refractivity contribution < 1.29 is 42.9 Å². The van der Waals surface area contributed by atoms with Gasteiger partial charge in [-0.2, -0.15) is 0 Å². The highest BCUT2D eigenvalue weighted by atomic mass is 16.6. The molecule has 0 radical (unpaired) electrons. The Kier molecular flexibility index (Phi) is 13.4. The number of nitrogens with zero attached hydrogens (tertiary/aromatic N) is 1. The average molecular weight is 594 g/mol. The maximum atomic E-state index is 13.5. The van der Waals surface area contributed by atoms with Gasteiger partial charge in [-0.05, 0) is 50.8 Å². The standard InChI is InChI=1S/C30H47N3O9/c1-9-19(2)26(28(36)40-8)32-27(35)21(17-20-11-12-22(38-6)23(18-20)39-7)31-24(34)13-14-25-33(15-10-16-41-25)29(37)42-30(3,4)5/h11-12,18-19,21,25-26H,9-10,13-17H2,1-8H3,(H,31,34)(H,32,35)/t19-,21-,25?,26-/m0/s1. The summed E-state index contributed by atoms with van der Waals surface area (Å²) >= 11 is 0. The lowest BCUT2D eigenvalue weighted by Crippen LogP contribution is -2.54. The molecule has 0 saturated carbocycles. The summed E-state index contributed by atoms with van der Waals surface area (Å²) in [5.41, 5.74) is 0.0383. The van der Waals surface area contributed by atoms with Crippen LogP contribution in [0.25, 0.3) is 0 Å². The smallest absolute Gasteiger partial charge is 0.412 e. The maximum absolute atomic E-state index is 13.5. The summed E-state index contributed by atoms with van der Waals surface area (Å²) in [4.78, 5) is 53.3. The Hall–Kier alpha value is -3.54. The van der Waals surface area contributed by atoms with Crippen molar-refractivity contribution in [3.8, 4) is 11.5 Å². The molecule has 0 spiro atoms. The fourth-order valence-electron chi connectivity index (χ4n) is 4.48. The number of rotatable bonds is 13. The molecule has 1 heterocycles. The van der Waals surface area contributed by atoms with Gasteiger partial charge in [0.1, 0.15) is 23.9 Å². The molecule has 3 amide bonds. The number of amides is 3. The lowest BCUT2D eigenvalue weighted by atomic mass is 9.98. The molecular weight excluding hydrogens is 546 g/mol. The fraction of sp³-hybridized carbons (Fsp3) is 0.667. The molecule has 0 aliphatic carbocycles. The molecule has 1 saturated heterocycles. The molecule has 4 atom stereocenters. The van der Waals surface area contributed by atoms with Crippen molar-refractivity contribution in [3.63, 3.8) is 0 Å². The van der Waals surface area contributed by atoms with E-state index < -0.39 is 47.8 Å². The molecule has 12 nitrogen and oxygen atoms in total. The Balaban J connectivity index is 2.21. The van der Waals surface area contributed by atoms with Gasteiger partial charge >= 0.3 is 12.1 Å². The van der Waals surface area contributed by atoms with Crippen LogP contribution in [0.15, 0.2) is 18.2 Å². The van der Waals surface area contributed by atoms with Gasteiger partial charge in [0.05, 0.1) is 27.9 Å². The first-order valence-corrected chi connectivity index (χ1v) is 14.3. The van der Waals surface area contributed by atoms with Gasteiger partial charge in [0.15, 0.2) is 11.5 Å². The molecule has 1 aromatic carbocycles. The minimum absolute atomic E-state index is 0.00846. The monoisotopic (exact) mass is 593 g/mol. The first-order chi connectivity index (χ1) is 19.8. The Morgan fingerprint density at radius 2 is 1.76 bits per heavy atom. The van der Waals surface area contributed by atoms with Gasteiger partial charge in [-0.15, -0.1) is 0 Å². The van der Waals surface area contributed by atoms with Crippen molar-refractivity contribution >= 4 is 23.9 Å². The second-order valence-corrected chi connectivity index (χ2v) is 11.3. The third-order valence-corrected chi connectivity index (χ3v) is 6.95. The zero-order valence-corrected chi connectivity index (χ0v) is 26.1. The largest absolute Gasteiger partial charge is 0.493 e. The second-order valence-electron chi connectivity index (χ2n) is 11.3. The molecule has 2 N–H and O–H groups in total. The molecule has 42 heavy (non-hydrogen) atoms. The Morgan fingerprint density at radius 3 is 2.36 bits per heavy atom. The van der Waals surface area contributed by atoms with E-state index in [1.54, 1.807) is 39.0 Å². The summed E-state index contributed by atoms with van der Waals surface area (Å²) in [5, 5.41) is 5.57. The number of ether oxygens (including phenoxy) is 5. The van der Waals surface area contributed by atoms with Crippen molar-refractivity contribution in [1.82, 2.24) is 15.5 Å². The lowest BCUT2D eigenvalue weighted by Gasteiger charge is -2.36. The van der Waals surface area contributed by atoms with Crippen molar-refractivity contribution in [2.45, 2.75) is 90.6 Å². The van der Waals surface area contributed by atoms with Crippen molar-refractivity contribution in [2.24, 2.45) is 5.92 Å². The van der Waals surface area contributed by atoms with Crippen LogP contribution in [0, 0.1) is 5.92 Å². The zero-order valence-electron chi connectivity index (χ0n) is 26.1. The summed E-state index contributed by atoms with van der Waals surface area (Å²) in [7, 11) is 4.30. The van der Waals surface area contributed by atoms with E-state index in [0.29, 0.717) is 43.1 Å². The second kappa shape index (κ2) is 16.2. The third-order valence-electron chi connectivity index (χ3n) is 6.95. The van der Waals surface area contributed by atoms with Crippen LogP contribution in [-0.4, -0.2) is 87.2 Å². The van der Waals surface area contributed by atoms with Gasteiger partial charge in [0, 0.05) is 25.8 Å². The minimum Gasteiger partial charge on any atom is -0.493 e. The van der Waals surface area contributed by atoms with Crippen LogP contribution in [0.5, 0.6) is 11.5 Å². The predicted molar refractivity (Wildman–Crippen MR) is 155 cm³/mol. The molecule has 1 aliphatic rings. The highest BCUT2D eigenvalue weighted by molar-refractivity contribution is 5.91. The summed E-state index contributed by atoms with van der Waals surface area (Å²) in [5.74, 6) is -0.697. The van der Waals surface area contributed by atoms with E-state index in [0.717, 1.165) is 0 Å². The molecule has 1 unspecified atom stereocenters.